The number of ether oxygens (including phenoxy) is 1. The first kappa shape index (κ1) is 22.9. The van der Waals surface area contributed by atoms with Crippen LogP contribution in [0.5, 0.6) is 5.88 Å². The van der Waals surface area contributed by atoms with Crippen molar-refractivity contribution in [2.45, 2.75) is 0 Å². The molecule has 0 spiro atoms. The zero-order valence-corrected chi connectivity index (χ0v) is 19.4. The van der Waals surface area contributed by atoms with Crippen molar-refractivity contribution in [2.75, 3.05) is 23.8 Å². The third kappa shape index (κ3) is 5.10. The van der Waals surface area contributed by atoms with Crippen molar-refractivity contribution in [1.29, 1.82) is 0 Å². The van der Waals surface area contributed by atoms with Crippen molar-refractivity contribution in [3.05, 3.63) is 115 Å². The fourth-order valence-electron chi connectivity index (χ4n) is 3.94. The molecule has 2 N–H and O–H groups in total. The van der Waals surface area contributed by atoms with E-state index in [1.807, 2.05) is 78.9 Å². The van der Waals surface area contributed by atoms with Gasteiger partial charge in [-0.2, -0.15) is 0 Å². The summed E-state index contributed by atoms with van der Waals surface area (Å²) in [6, 6.07) is 29.8. The molecule has 7 nitrogen and oxygen atoms in total. The van der Waals surface area contributed by atoms with Crippen LogP contribution in [-0.2, 0) is 4.79 Å². The Hall–Kier alpha value is -4.91. The van der Waals surface area contributed by atoms with Crippen LogP contribution in [0.25, 0.3) is 16.6 Å². The molecule has 5 aromatic rings. The number of pyridine rings is 2. The summed E-state index contributed by atoms with van der Waals surface area (Å²) in [5, 5.41) is 5.98. The number of anilines is 2. The number of nitrogens with zero attached hydrogens (tertiary/aromatic N) is 2. The molecule has 0 aliphatic heterocycles. The van der Waals surface area contributed by atoms with Crippen molar-refractivity contribution >= 4 is 28.6 Å². The number of amides is 1. The van der Waals surface area contributed by atoms with Crippen molar-refractivity contribution in [1.82, 2.24) is 9.38 Å². The number of Topliss-reactive ketones (excluding diaryl/α,β-unsaturated/α-hetero) is 1. The van der Waals surface area contributed by atoms with Crippen LogP contribution in [0, 0.1) is 0 Å². The second kappa shape index (κ2) is 10.6. The van der Waals surface area contributed by atoms with Crippen LogP contribution in [0.2, 0.25) is 0 Å². The van der Waals surface area contributed by atoms with E-state index in [1.165, 1.54) is 0 Å². The highest BCUT2D eigenvalue weighted by atomic mass is 16.5. The summed E-state index contributed by atoms with van der Waals surface area (Å²) < 4.78 is 7.32. The Balaban J connectivity index is 1.25. The third-order valence-electron chi connectivity index (χ3n) is 5.65. The number of benzene rings is 2. The Morgan fingerprint density at radius 1 is 0.833 bits per heavy atom. The largest absolute Gasteiger partial charge is 0.476 e. The lowest BCUT2D eigenvalue weighted by Crippen LogP contribution is -2.24. The highest BCUT2D eigenvalue weighted by Crippen LogP contribution is 2.28. The van der Waals surface area contributed by atoms with Gasteiger partial charge in [0.15, 0.2) is 0 Å². The van der Waals surface area contributed by atoms with Crippen LogP contribution < -0.4 is 15.4 Å². The van der Waals surface area contributed by atoms with Crippen LogP contribution in [0.15, 0.2) is 109 Å². The Morgan fingerprint density at radius 3 is 2.36 bits per heavy atom. The topological polar surface area (TPSA) is 84.7 Å². The number of hydrogen-bond acceptors (Lipinski definition) is 5. The van der Waals surface area contributed by atoms with E-state index in [2.05, 4.69) is 15.6 Å². The van der Waals surface area contributed by atoms with Gasteiger partial charge in [0, 0.05) is 47.5 Å². The molecule has 3 aromatic heterocycles. The van der Waals surface area contributed by atoms with Crippen molar-refractivity contribution < 1.29 is 14.3 Å². The molecule has 0 unspecified atom stereocenters. The Bertz CT molecular complexity index is 1480. The summed E-state index contributed by atoms with van der Waals surface area (Å²) in [5.74, 6) is -0.720. The lowest BCUT2D eigenvalue weighted by atomic mass is 10.0. The van der Waals surface area contributed by atoms with E-state index in [1.54, 1.807) is 35.0 Å². The van der Waals surface area contributed by atoms with Gasteiger partial charge in [-0.05, 0) is 54.1 Å². The maximum absolute atomic E-state index is 13.3. The second-order valence-electron chi connectivity index (χ2n) is 8.07. The van der Waals surface area contributed by atoms with Gasteiger partial charge in [-0.15, -0.1) is 0 Å². The minimum atomic E-state index is -0.694. The van der Waals surface area contributed by atoms with E-state index in [0.29, 0.717) is 30.4 Å². The highest BCUT2D eigenvalue weighted by Gasteiger charge is 2.24. The van der Waals surface area contributed by atoms with E-state index >= 15 is 0 Å². The van der Waals surface area contributed by atoms with E-state index in [9.17, 15) is 9.59 Å². The van der Waals surface area contributed by atoms with Crippen LogP contribution >= 0.6 is 0 Å². The Kier molecular flexibility index (Phi) is 6.71. The molecular weight excluding hydrogens is 452 g/mol. The molecule has 0 radical (unpaired) electrons. The van der Waals surface area contributed by atoms with Gasteiger partial charge in [0.05, 0.1) is 0 Å². The van der Waals surface area contributed by atoms with Gasteiger partial charge >= 0.3 is 0 Å². The number of fused-ring (bicyclic) bond motifs is 1. The van der Waals surface area contributed by atoms with Gasteiger partial charge in [-0.3, -0.25) is 9.59 Å². The zero-order valence-electron chi connectivity index (χ0n) is 19.4. The average molecular weight is 477 g/mol. The molecule has 3 heterocycles. The molecule has 2 aromatic carbocycles. The van der Waals surface area contributed by atoms with Crippen molar-refractivity contribution in [3.63, 3.8) is 0 Å². The van der Waals surface area contributed by atoms with Gasteiger partial charge in [0.2, 0.25) is 5.88 Å². The Morgan fingerprint density at radius 2 is 1.58 bits per heavy atom. The average Bonchev–Trinajstić information content (AvgIpc) is 3.32. The SMILES string of the molecule is O=C(Nc1ccc(NCCOc2ccccn2)cc1)C(=O)c1c(-c2ccccc2)cc2ccccn12. The highest BCUT2D eigenvalue weighted by molar-refractivity contribution is 6.47. The van der Waals surface area contributed by atoms with Crippen LogP contribution in [0.4, 0.5) is 11.4 Å². The third-order valence-corrected chi connectivity index (χ3v) is 5.65. The molecule has 0 aliphatic rings. The van der Waals surface area contributed by atoms with Gasteiger partial charge in [-0.25, -0.2) is 4.98 Å². The first-order valence-electron chi connectivity index (χ1n) is 11.6. The Labute approximate surface area is 208 Å². The standard InChI is InChI=1S/C29H24N4O3/c34-28(27-25(21-8-2-1-3-9-21)20-24-10-5-7-18-33(24)27)29(35)32-23-14-12-22(13-15-23)30-17-19-36-26-11-4-6-16-31-26/h1-16,18,20,30H,17,19H2,(H,32,35). The summed E-state index contributed by atoms with van der Waals surface area (Å²) in [6.07, 6.45) is 3.47. The lowest BCUT2D eigenvalue weighted by Gasteiger charge is -2.10. The lowest BCUT2D eigenvalue weighted by molar-refractivity contribution is -0.112. The predicted molar refractivity (Wildman–Crippen MR) is 140 cm³/mol. The number of aromatic nitrogens is 2. The van der Waals surface area contributed by atoms with E-state index in [0.717, 1.165) is 22.3 Å². The molecule has 0 saturated heterocycles. The zero-order chi connectivity index (χ0) is 24.7. The number of hydrogen-bond donors (Lipinski definition) is 2. The molecule has 36 heavy (non-hydrogen) atoms. The number of ketones is 1. The van der Waals surface area contributed by atoms with E-state index in [4.69, 9.17) is 4.74 Å². The van der Waals surface area contributed by atoms with E-state index in [-0.39, 0.29) is 0 Å². The molecule has 0 atom stereocenters. The molecule has 0 fully saturated rings. The van der Waals surface area contributed by atoms with Gasteiger partial charge in [0.1, 0.15) is 12.3 Å². The molecule has 7 heteroatoms. The van der Waals surface area contributed by atoms with E-state index < -0.39 is 11.7 Å². The minimum Gasteiger partial charge on any atom is -0.476 e. The van der Waals surface area contributed by atoms with Crippen LogP contribution in [0.1, 0.15) is 10.5 Å². The number of carbonyl (C=O) groups is 2. The van der Waals surface area contributed by atoms with Gasteiger partial charge in [-0.1, -0.05) is 42.5 Å². The first-order valence-corrected chi connectivity index (χ1v) is 11.6. The molecule has 0 aliphatic carbocycles. The molecule has 0 saturated carbocycles. The number of nitrogens with one attached hydrogen (secondary N) is 2. The molecule has 0 bridgehead atoms. The number of carbonyl (C=O) groups excluding carboxylic acids is 2. The first-order chi connectivity index (χ1) is 17.7. The maximum atomic E-state index is 13.3. The summed E-state index contributed by atoms with van der Waals surface area (Å²) in [7, 11) is 0. The fraction of sp³-hybridized carbons (Fsp3) is 0.0690. The summed E-state index contributed by atoms with van der Waals surface area (Å²) >= 11 is 0. The van der Waals surface area contributed by atoms with Crippen LogP contribution in [0.3, 0.4) is 0 Å². The smallest absolute Gasteiger partial charge is 0.298 e. The van der Waals surface area contributed by atoms with Gasteiger partial charge in [0.25, 0.3) is 11.7 Å². The normalized spacial score (nSPS) is 10.7. The minimum absolute atomic E-state index is 0.334. The molecule has 1 amide bonds. The second-order valence-corrected chi connectivity index (χ2v) is 8.07. The summed E-state index contributed by atoms with van der Waals surface area (Å²) in [5.41, 5.74) is 4.17. The molecular formula is C29H24N4O3. The van der Waals surface area contributed by atoms with Crippen molar-refractivity contribution in [2.24, 2.45) is 0 Å². The monoisotopic (exact) mass is 476 g/mol. The number of rotatable bonds is 9. The quantitative estimate of drug-likeness (QED) is 0.171. The van der Waals surface area contributed by atoms with Gasteiger partial charge < -0.3 is 19.8 Å². The van der Waals surface area contributed by atoms with Crippen LogP contribution in [-0.4, -0.2) is 34.2 Å². The molecule has 178 valence electrons. The summed E-state index contributed by atoms with van der Waals surface area (Å²) in [6.45, 7) is 1.04. The predicted octanol–water partition coefficient (Wildman–Crippen LogP) is 5.31. The fourth-order valence-corrected chi connectivity index (χ4v) is 3.94. The molecule has 5 rings (SSSR count). The maximum Gasteiger partial charge on any atom is 0.298 e. The summed E-state index contributed by atoms with van der Waals surface area (Å²) in [4.78, 5) is 30.4. The van der Waals surface area contributed by atoms with Crippen molar-refractivity contribution in [3.8, 4) is 17.0 Å².